The normalized spacial score (nSPS) is 15.1. The molecule has 1 fully saturated rings. The first kappa shape index (κ1) is 114. The van der Waals surface area contributed by atoms with E-state index in [-0.39, 0.29) is 59.7 Å². The Morgan fingerprint density at radius 2 is 0.660 bits per heavy atom. The van der Waals surface area contributed by atoms with Crippen molar-refractivity contribution in [2.24, 2.45) is 63.1 Å². The standard InChI is InChI=1S/C14H29F.C12H25F.2C8H17F.C7H13F3.C7H12F2.C7H15F.C6H8F6.C6H13F.C5H12/c1-8-12(5,9-2)14(7,15)13(6,10-3)11-4;1-6-10(7-2)12(5,13)11(8-3)9-4;1-6(2)8(5,9)7(3)4;1-4-6-8(3,9)7-5-2;1-4-6(2,3)5-7(8,9)10;1-6-2-4-7(8,9)5-3-6;1-5-7(4,8)6(2)3;1-2-3-4(5(7,8)9)6(10,11)12;1-4-6(3,7)5-2;1-5(2,3)4/h8-11H2,1-7H3;10-11H,6-9H2,1-5H3;6-7H,1-5H3;4-7H2,1-3H3;4-5H2,1-3H3;6H,2-5H2,1H3;6H,5H2,1-4H3;4H,2-3H2,1H3;4-5H2,1-3H3;1-4H3/t;;;;;;7-;;;/m......0.../s1. The number of halogens is 17. The van der Waals surface area contributed by atoms with Crippen LogP contribution in [0.1, 0.15) is 397 Å². The molecule has 0 aromatic heterocycles. The van der Waals surface area contributed by atoms with E-state index in [1.165, 1.54) is 6.92 Å². The molecule has 1 atom stereocenters. The average molecular weight is 1450 g/mol. The summed E-state index contributed by atoms with van der Waals surface area (Å²) >= 11 is 0. The van der Waals surface area contributed by atoms with Crippen molar-refractivity contribution in [2.75, 3.05) is 0 Å². The molecule has 0 amide bonds. The Morgan fingerprint density at radius 1 is 0.371 bits per heavy atom. The minimum atomic E-state index is -5.17. The molecule has 1 aliphatic carbocycles. The second-order valence-corrected chi connectivity index (χ2v) is 32.8. The van der Waals surface area contributed by atoms with E-state index in [9.17, 15) is 70.2 Å². The molecular formula is C80H161F17. The Bertz CT molecular complexity index is 1670. The summed E-state index contributed by atoms with van der Waals surface area (Å²) in [5.74, 6) is -4.14. The SMILES string of the molecule is CC(C)(C)C.CC(C)C(C)(F)C(C)C.CC1CCC(F)(F)CC1.CCC(C)(C)CC(F)(F)F.CCC(C)(CC)C(C)(F)C(C)(CC)CC.CCC(C)(F)CC.CCC(CC)C(C)(F)C(CC)CC.CCCC(C(F)(F)F)C(F)(F)F.CCCC(C)(F)CCC.CC[C@](C)(F)C(C)C. The lowest BCUT2D eigenvalue weighted by atomic mass is 9.57. The predicted octanol–water partition coefficient (Wildman–Crippen LogP) is 33.4. The van der Waals surface area contributed by atoms with Gasteiger partial charge in [0.2, 0.25) is 5.92 Å². The van der Waals surface area contributed by atoms with Crippen LogP contribution in [0.25, 0.3) is 0 Å². The number of hydrogen-bond donors (Lipinski definition) is 0. The molecule has 97 heavy (non-hydrogen) atoms. The highest BCUT2D eigenvalue weighted by Gasteiger charge is 2.56. The van der Waals surface area contributed by atoms with Crippen LogP contribution in [0.3, 0.4) is 0 Å². The first-order valence-corrected chi connectivity index (χ1v) is 37.7. The Labute approximate surface area is 590 Å². The van der Waals surface area contributed by atoms with Crippen LogP contribution in [0.2, 0.25) is 0 Å². The van der Waals surface area contributed by atoms with Gasteiger partial charge in [-0.3, -0.25) is 0 Å². The molecule has 0 N–H and O–H groups in total. The molecule has 0 heterocycles. The summed E-state index contributed by atoms with van der Waals surface area (Å²) in [7, 11) is 0. The van der Waals surface area contributed by atoms with Crippen LogP contribution in [0, 0.1) is 63.1 Å². The summed E-state index contributed by atoms with van der Waals surface area (Å²) in [5, 5.41) is 0. The highest BCUT2D eigenvalue weighted by Crippen LogP contribution is 2.54. The molecule has 600 valence electrons. The lowest BCUT2D eigenvalue weighted by Crippen LogP contribution is -2.51. The first-order valence-electron chi connectivity index (χ1n) is 37.7. The van der Waals surface area contributed by atoms with E-state index in [4.69, 9.17) is 0 Å². The smallest absolute Gasteiger partial charge is 0.244 e. The van der Waals surface area contributed by atoms with Crippen molar-refractivity contribution in [3.05, 3.63) is 0 Å². The second kappa shape index (κ2) is 51.9. The largest absolute Gasteiger partial charge is 0.400 e. The Kier molecular flexibility index (Phi) is 61.1. The monoisotopic (exact) mass is 1450 g/mol. The first-order chi connectivity index (χ1) is 43.0. The van der Waals surface area contributed by atoms with E-state index in [0.717, 1.165) is 64.2 Å². The molecule has 0 aromatic carbocycles. The summed E-state index contributed by atoms with van der Waals surface area (Å²) < 4.78 is 212. The van der Waals surface area contributed by atoms with E-state index in [2.05, 4.69) is 96.9 Å². The molecule has 0 radical (unpaired) electrons. The fraction of sp³-hybridized carbons (Fsp3) is 1.00. The fourth-order valence-corrected chi connectivity index (χ4v) is 10.2. The fourth-order valence-electron chi connectivity index (χ4n) is 10.2. The predicted molar refractivity (Wildman–Crippen MR) is 391 cm³/mol. The van der Waals surface area contributed by atoms with Crippen LogP contribution in [0.5, 0.6) is 0 Å². The van der Waals surface area contributed by atoms with Crippen LogP contribution in [-0.2, 0) is 0 Å². The maximum absolute atomic E-state index is 15.2. The molecule has 1 rings (SSSR count). The summed E-state index contributed by atoms with van der Waals surface area (Å²) in [4.78, 5) is 0. The van der Waals surface area contributed by atoms with Crippen molar-refractivity contribution < 1.29 is 74.6 Å². The van der Waals surface area contributed by atoms with Gasteiger partial charge in [-0.25, -0.2) is 35.1 Å². The van der Waals surface area contributed by atoms with E-state index >= 15 is 4.39 Å². The molecule has 1 aliphatic rings. The zero-order chi connectivity index (χ0) is 80.3. The van der Waals surface area contributed by atoms with E-state index < -0.39 is 82.6 Å². The van der Waals surface area contributed by atoms with Gasteiger partial charge in [0.05, 0.1) is 0 Å². The Morgan fingerprint density at radius 3 is 0.773 bits per heavy atom. The Hall–Kier alpha value is -1.19. The maximum Gasteiger partial charge on any atom is 0.400 e. The van der Waals surface area contributed by atoms with Gasteiger partial charge in [0, 0.05) is 30.1 Å². The van der Waals surface area contributed by atoms with E-state index in [1.807, 2.05) is 90.0 Å². The van der Waals surface area contributed by atoms with Crippen LogP contribution in [0.4, 0.5) is 74.6 Å². The zero-order valence-corrected chi connectivity index (χ0v) is 69.7. The summed E-state index contributed by atoms with van der Waals surface area (Å²) in [6, 6.07) is 0. The summed E-state index contributed by atoms with van der Waals surface area (Å²) in [6.07, 6.45) is -1.24. The third kappa shape index (κ3) is 56.9. The molecule has 0 spiro atoms. The number of hydrogen-bond acceptors (Lipinski definition) is 0. The topological polar surface area (TPSA) is 0 Å². The van der Waals surface area contributed by atoms with Gasteiger partial charge in [0.25, 0.3) is 0 Å². The average Bonchev–Trinajstić information content (AvgIpc) is 0.773. The molecule has 0 saturated heterocycles. The third-order valence-electron chi connectivity index (χ3n) is 21.1. The van der Waals surface area contributed by atoms with Gasteiger partial charge in [-0.2, -0.15) is 39.5 Å². The minimum absolute atomic E-state index is 0.105. The quantitative estimate of drug-likeness (QED) is 0.0757. The molecule has 17 heteroatoms. The van der Waals surface area contributed by atoms with Gasteiger partial charge in [-0.15, -0.1) is 0 Å². The molecule has 0 aromatic rings. The highest BCUT2D eigenvalue weighted by molar-refractivity contribution is 5.02. The molecule has 0 unspecified atom stereocenters. The minimum Gasteiger partial charge on any atom is -0.244 e. The van der Waals surface area contributed by atoms with Crippen molar-refractivity contribution in [3.63, 3.8) is 0 Å². The second-order valence-electron chi connectivity index (χ2n) is 32.8. The lowest BCUT2D eigenvalue weighted by Gasteiger charge is -2.51. The molecule has 0 aliphatic heterocycles. The van der Waals surface area contributed by atoms with Gasteiger partial charge < -0.3 is 0 Å². The van der Waals surface area contributed by atoms with Crippen molar-refractivity contribution in [1.82, 2.24) is 0 Å². The van der Waals surface area contributed by atoms with Crippen molar-refractivity contribution in [3.8, 4) is 0 Å². The third-order valence-corrected chi connectivity index (χ3v) is 21.1. The summed E-state index contributed by atoms with van der Waals surface area (Å²) in [5.41, 5.74) is -6.33. The van der Waals surface area contributed by atoms with Crippen molar-refractivity contribution in [1.29, 1.82) is 0 Å². The number of alkyl halides is 17. The zero-order valence-electron chi connectivity index (χ0n) is 69.7. The Balaban J connectivity index is -0.000000128. The highest BCUT2D eigenvalue weighted by atomic mass is 19.4. The molecule has 1 saturated carbocycles. The number of rotatable bonds is 26. The lowest BCUT2D eigenvalue weighted by molar-refractivity contribution is -0.285. The molecule has 0 nitrogen and oxygen atoms in total. The summed E-state index contributed by atoms with van der Waals surface area (Å²) in [6.45, 7) is 69.4. The van der Waals surface area contributed by atoms with Gasteiger partial charge in [-0.05, 0) is 165 Å². The van der Waals surface area contributed by atoms with Crippen molar-refractivity contribution >= 4 is 0 Å². The van der Waals surface area contributed by atoms with Crippen LogP contribution < -0.4 is 0 Å². The van der Waals surface area contributed by atoms with Gasteiger partial charge >= 0.3 is 18.5 Å². The van der Waals surface area contributed by atoms with E-state index in [1.54, 1.807) is 55.4 Å². The van der Waals surface area contributed by atoms with Gasteiger partial charge in [0.15, 0.2) is 5.92 Å². The van der Waals surface area contributed by atoms with Crippen molar-refractivity contribution in [2.45, 2.75) is 455 Å². The van der Waals surface area contributed by atoms with E-state index in [0.29, 0.717) is 62.7 Å². The molecule has 0 bridgehead atoms. The van der Waals surface area contributed by atoms with Crippen LogP contribution in [0.15, 0.2) is 0 Å². The molecular weight excluding hydrogens is 1280 g/mol. The van der Waals surface area contributed by atoms with Gasteiger partial charge in [-0.1, -0.05) is 259 Å². The maximum atomic E-state index is 15.2. The van der Waals surface area contributed by atoms with Gasteiger partial charge in [0.1, 0.15) is 34.0 Å². The van der Waals surface area contributed by atoms with Crippen LogP contribution in [-0.4, -0.2) is 58.5 Å². The van der Waals surface area contributed by atoms with Crippen LogP contribution >= 0.6 is 0 Å².